The SMILES string of the molecule is COC(=O)[C@@]1(C)CC[C@]2(C)CC[C@]3(C)C(=CC(=O)[C@@H]4[C@@]5(C)CC[C@H](O[C@@H]6O[C@H](C(=O)NN)[C@H](O)[C@H](O)[C@@H]6O[C@@H]6O[C@H](C(=O)NN)[C@H](O)[C@H](O)[C@@H]6O)C(C)(C)[C@H]5CC[C@]43C)[C@H]2C1. The molecule has 61 heavy (non-hydrogen) atoms. The Balaban J connectivity index is 1.18. The predicted octanol–water partition coefficient (Wildman–Crippen LogP) is 0.145. The van der Waals surface area contributed by atoms with Gasteiger partial charge in [0.1, 0.15) is 36.6 Å². The fraction of sp³-hybridized carbons (Fsp3) is 0.860. The normalized spacial score (nSPS) is 50.4. The molecule has 0 unspecified atom stereocenters. The number of nitrogens with one attached hydrogen (secondary N) is 2. The summed E-state index contributed by atoms with van der Waals surface area (Å²) >= 11 is 0. The van der Waals surface area contributed by atoms with Gasteiger partial charge < -0.3 is 49.2 Å². The minimum atomic E-state index is -1.95. The average molecular weight is 865 g/mol. The number of hydrogen-bond donors (Lipinski definition) is 9. The zero-order valence-electron chi connectivity index (χ0n) is 36.6. The van der Waals surface area contributed by atoms with E-state index in [0.717, 1.165) is 38.5 Å². The maximum absolute atomic E-state index is 15.0. The van der Waals surface area contributed by atoms with E-state index < -0.39 is 95.6 Å². The highest BCUT2D eigenvalue weighted by Crippen LogP contribution is 2.75. The Bertz CT molecular complexity index is 1800. The molecule has 0 aromatic heterocycles. The van der Waals surface area contributed by atoms with E-state index in [4.69, 9.17) is 35.4 Å². The average Bonchev–Trinajstić information content (AvgIpc) is 3.21. The number of ether oxygens (including phenoxy) is 5. The molecule has 0 aromatic rings. The van der Waals surface area contributed by atoms with Gasteiger partial charge >= 0.3 is 5.97 Å². The van der Waals surface area contributed by atoms with Gasteiger partial charge in [0, 0.05) is 5.92 Å². The first-order valence-electron chi connectivity index (χ1n) is 21.8. The fourth-order valence-corrected chi connectivity index (χ4v) is 13.8. The molecule has 0 bridgehead atoms. The number of carbonyl (C=O) groups excluding carboxylic acids is 4. The summed E-state index contributed by atoms with van der Waals surface area (Å²) in [5, 5.41) is 54.4. The Morgan fingerprint density at radius 2 is 1.33 bits per heavy atom. The Hall–Kier alpha value is -2.62. The third-order valence-corrected chi connectivity index (χ3v) is 17.7. The third-order valence-electron chi connectivity index (χ3n) is 17.7. The summed E-state index contributed by atoms with van der Waals surface area (Å²) in [5.41, 5.74) is 2.47. The minimum Gasteiger partial charge on any atom is -0.469 e. The molecule has 2 saturated heterocycles. The predicted molar refractivity (Wildman–Crippen MR) is 213 cm³/mol. The third kappa shape index (κ3) is 6.93. The van der Waals surface area contributed by atoms with Crippen LogP contribution in [0.4, 0.5) is 0 Å². The number of amides is 2. The van der Waals surface area contributed by atoms with Gasteiger partial charge in [-0.2, -0.15) is 0 Å². The van der Waals surface area contributed by atoms with Crippen LogP contribution in [0.5, 0.6) is 0 Å². The van der Waals surface area contributed by atoms with Crippen molar-refractivity contribution < 1.29 is 68.4 Å². The summed E-state index contributed by atoms with van der Waals surface area (Å²) in [6.07, 6.45) is -10.2. The summed E-state index contributed by atoms with van der Waals surface area (Å²) in [7, 11) is 1.44. The van der Waals surface area contributed by atoms with Crippen LogP contribution in [0.15, 0.2) is 11.6 Å². The molecular weight excluding hydrogens is 796 g/mol. The Morgan fingerprint density at radius 3 is 1.93 bits per heavy atom. The highest BCUT2D eigenvalue weighted by Gasteiger charge is 2.71. The first-order valence-corrected chi connectivity index (χ1v) is 21.8. The largest absolute Gasteiger partial charge is 0.469 e. The van der Waals surface area contributed by atoms with E-state index in [1.54, 1.807) is 0 Å². The molecule has 19 atom stereocenters. The zero-order valence-corrected chi connectivity index (χ0v) is 36.6. The van der Waals surface area contributed by atoms with E-state index in [-0.39, 0.29) is 45.8 Å². The zero-order chi connectivity index (χ0) is 45.0. The number of aliphatic hydroxyl groups excluding tert-OH is 5. The van der Waals surface area contributed by atoms with E-state index in [1.807, 2.05) is 23.9 Å². The number of hydrogen-bond acceptors (Lipinski definition) is 16. The first kappa shape index (κ1) is 46.4. The van der Waals surface area contributed by atoms with Crippen LogP contribution in [-0.2, 0) is 42.9 Å². The van der Waals surface area contributed by atoms with Gasteiger partial charge in [0.25, 0.3) is 11.8 Å². The summed E-state index contributed by atoms with van der Waals surface area (Å²) in [5.74, 6) is 8.27. The van der Waals surface area contributed by atoms with Crippen molar-refractivity contribution in [3.63, 3.8) is 0 Å². The van der Waals surface area contributed by atoms with Crippen molar-refractivity contribution in [1.29, 1.82) is 0 Å². The number of methoxy groups -OCH3 is 1. The number of carbonyl (C=O) groups is 4. The van der Waals surface area contributed by atoms with Gasteiger partial charge in [-0.25, -0.2) is 11.7 Å². The van der Waals surface area contributed by atoms with E-state index in [0.29, 0.717) is 19.3 Å². The molecule has 5 aliphatic carbocycles. The molecule has 2 amide bonds. The summed E-state index contributed by atoms with van der Waals surface area (Å²) in [6.45, 7) is 15.3. The standard InChI is InChI=1S/C43H68N4O14/c1-38(2)22-9-12-43(7)32(21(48)17-19-20-18-40(4,37(56)57-8)14-13-39(20,3)15-16-42(19,43)6)41(22,5)11-10-23(38)58-36-31(27(52)26(51)30(60-36)34(55)47-45)61-35-28(53)24(49)25(50)29(59-35)33(54)46-44/h17,20,22-32,35-36,49-53H,9-16,18,44-45H2,1-8H3,(H,46,54)(H,47,55)/t20-,22-,23+,24+,25-,26-,27+,28+,29+,30+,31+,32-,35+,36-,39-,40+,41+,42-,43-/m1/s1. The summed E-state index contributed by atoms with van der Waals surface area (Å²) in [4.78, 5) is 53.3. The lowest BCUT2D eigenvalue weighted by Gasteiger charge is -2.70. The highest BCUT2D eigenvalue weighted by molar-refractivity contribution is 5.95. The lowest BCUT2D eigenvalue weighted by atomic mass is 9.33. The molecule has 7 aliphatic rings. The lowest BCUT2D eigenvalue weighted by molar-refractivity contribution is -0.369. The van der Waals surface area contributed by atoms with E-state index >= 15 is 0 Å². The number of allylic oxidation sites excluding steroid dienone is 2. The van der Waals surface area contributed by atoms with Gasteiger partial charge in [0.05, 0.1) is 18.6 Å². The molecule has 2 heterocycles. The van der Waals surface area contributed by atoms with Crippen molar-refractivity contribution in [2.75, 3.05) is 7.11 Å². The number of ketones is 1. The quantitative estimate of drug-likeness (QED) is 0.0541. The van der Waals surface area contributed by atoms with Crippen molar-refractivity contribution in [1.82, 2.24) is 10.9 Å². The van der Waals surface area contributed by atoms with E-state index in [2.05, 4.69) is 41.5 Å². The second-order valence-electron chi connectivity index (χ2n) is 21.2. The van der Waals surface area contributed by atoms with Crippen LogP contribution >= 0.6 is 0 Å². The molecule has 0 aromatic carbocycles. The van der Waals surface area contributed by atoms with Gasteiger partial charge in [-0.1, -0.05) is 47.1 Å². The summed E-state index contributed by atoms with van der Waals surface area (Å²) in [6, 6.07) is 0. The molecule has 2 aliphatic heterocycles. The topological polar surface area (TPSA) is 292 Å². The number of esters is 1. The minimum absolute atomic E-state index is 0.0276. The molecule has 0 spiro atoms. The number of rotatable bonds is 7. The van der Waals surface area contributed by atoms with Crippen molar-refractivity contribution >= 4 is 23.6 Å². The van der Waals surface area contributed by atoms with Crippen LogP contribution in [0.1, 0.15) is 106 Å². The smallest absolute Gasteiger partial charge is 0.311 e. The van der Waals surface area contributed by atoms with Crippen LogP contribution < -0.4 is 22.5 Å². The molecule has 18 nitrogen and oxygen atoms in total. The van der Waals surface area contributed by atoms with Crippen LogP contribution in [0.2, 0.25) is 0 Å². The lowest BCUT2D eigenvalue weighted by Crippen LogP contribution is -2.68. The molecule has 4 saturated carbocycles. The molecule has 344 valence electrons. The maximum atomic E-state index is 15.0. The van der Waals surface area contributed by atoms with Gasteiger partial charge in [-0.15, -0.1) is 0 Å². The maximum Gasteiger partial charge on any atom is 0.311 e. The van der Waals surface area contributed by atoms with Crippen molar-refractivity contribution in [3.05, 3.63) is 11.6 Å². The van der Waals surface area contributed by atoms with Crippen LogP contribution in [-0.4, -0.2) is 124 Å². The van der Waals surface area contributed by atoms with E-state index in [1.165, 1.54) is 12.7 Å². The molecule has 6 fully saturated rings. The number of aliphatic hydroxyl groups is 5. The Kier molecular flexibility index (Phi) is 12.0. The van der Waals surface area contributed by atoms with Crippen LogP contribution in [0.25, 0.3) is 0 Å². The number of fused-ring (bicyclic) bond motifs is 7. The molecule has 7 rings (SSSR count). The highest BCUT2D eigenvalue weighted by atomic mass is 16.8. The monoisotopic (exact) mass is 864 g/mol. The van der Waals surface area contributed by atoms with Crippen LogP contribution in [0, 0.1) is 50.2 Å². The van der Waals surface area contributed by atoms with Crippen molar-refractivity contribution in [3.8, 4) is 0 Å². The van der Waals surface area contributed by atoms with Gasteiger partial charge in [-0.3, -0.25) is 30.0 Å². The number of nitrogens with two attached hydrogens (primary N) is 2. The van der Waals surface area contributed by atoms with Crippen molar-refractivity contribution in [2.24, 2.45) is 61.9 Å². The molecular formula is C43H68N4O14. The summed E-state index contributed by atoms with van der Waals surface area (Å²) < 4.78 is 29.5. The second kappa shape index (κ2) is 15.8. The Morgan fingerprint density at radius 1 is 0.738 bits per heavy atom. The molecule has 11 N–H and O–H groups in total. The van der Waals surface area contributed by atoms with Gasteiger partial charge in [-0.05, 0) is 110 Å². The second-order valence-corrected chi connectivity index (χ2v) is 21.2. The number of hydrazine groups is 2. The van der Waals surface area contributed by atoms with Gasteiger partial charge in [0.2, 0.25) is 0 Å². The fourth-order valence-electron chi connectivity index (χ4n) is 13.8. The molecule has 0 radical (unpaired) electrons. The van der Waals surface area contributed by atoms with Crippen LogP contribution in [0.3, 0.4) is 0 Å². The Labute approximate surface area is 356 Å². The van der Waals surface area contributed by atoms with Gasteiger partial charge in [0.15, 0.2) is 30.6 Å². The van der Waals surface area contributed by atoms with Crippen molar-refractivity contribution in [2.45, 2.75) is 174 Å². The first-order chi connectivity index (χ1) is 28.4. The molecule has 18 heteroatoms. The van der Waals surface area contributed by atoms with E-state index in [9.17, 15) is 44.7 Å².